The summed E-state index contributed by atoms with van der Waals surface area (Å²) in [6.07, 6.45) is 0. The molecule has 0 spiro atoms. The van der Waals surface area contributed by atoms with Gasteiger partial charge in [0.15, 0.2) is 5.13 Å². The summed E-state index contributed by atoms with van der Waals surface area (Å²) >= 11 is 5.04. The van der Waals surface area contributed by atoms with E-state index in [-0.39, 0.29) is 5.91 Å². The van der Waals surface area contributed by atoms with Crippen molar-refractivity contribution >= 4 is 48.5 Å². The summed E-state index contributed by atoms with van der Waals surface area (Å²) in [7, 11) is 4.01. The Balaban J connectivity index is 1.97. The monoisotopic (exact) mass is 417 g/mol. The topological polar surface area (TPSA) is 36.4 Å². The Labute approximate surface area is 160 Å². The third-order valence-corrected chi connectivity index (χ3v) is 5.42. The fourth-order valence-electron chi connectivity index (χ4n) is 2.44. The highest BCUT2D eigenvalue weighted by atomic mass is 79.9. The first-order valence-corrected chi connectivity index (χ1v) is 9.64. The molecule has 0 unspecified atom stereocenters. The van der Waals surface area contributed by atoms with Crippen molar-refractivity contribution in [3.8, 4) is 0 Å². The minimum Gasteiger partial charge on any atom is -0.308 e. The molecule has 0 aliphatic rings. The molecule has 130 valence electrons. The van der Waals surface area contributed by atoms with E-state index in [2.05, 4.69) is 25.8 Å². The maximum absolute atomic E-state index is 13.1. The molecular formula is C19H20BrN3OS. The lowest BCUT2D eigenvalue weighted by molar-refractivity contribution is 0.0985. The quantitative estimate of drug-likeness (QED) is 0.609. The lowest BCUT2D eigenvalue weighted by Crippen LogP contribution is -2.36. The number of hydrogen-bond acceptors (Lipinski definition) is 4. The zero-order valence-corrected chi connectivity index (χ0v) is 16.9. The Bertz CT molecular complexity index is 889. The van der Waals surface area contributed by atoms with E-state index in [1.807, 2.05) is 63.5 Å². The number of rotatable bonds is 5. The van der Waals surface area contributed by atoms with Gasteiger partial charge in [0, 0.05) is 23.1 Å². The molecule has 0 aliphatic carbocycles. The summed E-state index contributed by atoms with van der Waals surface area (Å²) in [4.78, 5) is 21.6. The van der Waals surface area contributed by atoms with Gasteiger partial charge in [0.25, 0.3) is 5.91 Å². The Morgan fingerprint density at radius 3 is 2.52 bits per heavy atom. The maximum atomic E-state index is 13.1. The van der Waals surface area contributed by atoms with Crippen LogP contribution in [-0.2, 0) is 0 Å². The number of carbonyl (C=O) groups is 1. The molecule has 4 nitrogen and oxygen atoms in total. The Morgan fingerprint density at radius 2 is 1.84 bits per heavy atom. The molecule has 25 heavy (non-hydrogen) atoms. The van der Waals surface area contributed by atoms with Crippen LogP contribution in [0.5, 0.6) is 0 Å². The van der Waals surface area contributed by atoms with E-state index in [0.717, 1.165) is 31.9 Å². The molecule has 0 fully saturated rings. The van der Waals surface area contributed by atoms with E-state index in [0.29, 0.717) is 12.1 Å². The van der Waals surface area contributed by atoms with Crippen molar-refractivity contribution in [2.75, 3.05) is 32.1 Å². The number of amides is 1. The van der Waals surface area contributed by atoms with Crippen LogP contribution in [0.25, 0.3) is 10.2 Å². The van der Waals surface area contributed by atoms with Crippen molar-refractivity contribution in [1.29, 1.82) is 0 Å². The van der Waals surface area contributed by atoms with Crippen molar-refractivity contribution in [3.63, 3.8) is 0 Å². The molecule has 6 heteroatoms. The molecule has 0 radical (unpaired) electrons. The standard InChI is InChI=1S/C19H20BrN3OS/c1-13-4-6-14(7-5-13)18(24)23(11-10-22(2)3)19-21-16-9-8-15(20)12-17(16)25-19/h4-9,12H,10-11H2,1-3H3. The van der Waals surface area contributed by atoms with Gasteiger partial charge in [0.1, 0.15) is 0 Å². The zero-order valence-electron chi connectivity index (χ0n) is 14.5. The summed E-state index contributed by atoms with van der Waals surface area (Å²) in [5.41, 5.74) is 2.74. The summed E-state index contributed by atoms with van der Waals surface area (Å²) < 4.78 is 2.08. The number of benzene rings is 2. The minimum atomic E-state index is -0.0139. The molecule has 0 saturated heterocycles. The van der Waals surface area contributed by atoms with Gasteiger partial charge in [-0.25, -0.2) is 4.98 Å². The number of aryl methyl sites for hydroxylation is 1. The Morgan fingerprint density at radius 1 is 1.12 bits per heavy atom. The average molecular weight is 418 g/mol. The molecule has 3 rings (SSSR count). The normalized spacial score (nSPS) is 11.2. The Hall–Kier alpha value is -1.76. The van der Waals surface area contributed by atoms with Crippen molar-refractivity contribution in [2.45, 2.75) is 6.92 Å². The van der Waals surface area contributed by atoms with E-state index in [1.54, 1.807) is 16.2 Å². The molecule has 0 atom stereocenters. The van der Waals surface area contributed by atoms with E-state index in [4.69, 9.17) is 0 Å². The number of fused-ring (bicyclic) bond motifs is 1. The second-order valence-corrected chi connectivity index (χ2v) is 8.16. The lowest BCUT2D eigenvalue weighted by atomic mass is 10.1. The van der Waals surface area contributed by atoms with Crippen LogP contribution in [0.2, 0.25) is 0 Å². The van der Waals surface area contributed by atoms with Crippen molar-refractivity contribution in [1.82, 2.24) is 9.88 Å². The first-order valence-electron chi connectivity index (χ1n) is 8.03. The molecule has 2 aromatic carbocycles. The summed E-state index contributed by atoms with van der Waals surface area (Å²) in [6, 6.07) is 13.7. The van der Waals surface area contributed by atoms with Crippen LogP contribution >= 0.6 is 27.3 Å². The van der Waals surface area contributed by atoms with Crippen LogP contribution in [0.1, 0.15) is 15.9 Å². The van der Waals surface area contributed by atoms with Gasteiger partial charge in [-0.2, -0.15) is 0 Å². The van der Waals surface area contributed by atoms with Gasteiger partial charge in [-0.15, -0.1) is 0 Å². The van der Waals surface area contributed by atoms with Crippen LogP contribution in [-0.4, -0.2) is 43.0 Å². The molecule has 0 aliphatic heterocycles. The number of nitrogens with zero attached hydrogens (tertiary/aromatic N) is 3. The molecule has 1 amide bonds. The smallest absolute Gasteiger partial charge is 0.260 e. The predicted molar refractivity (Wildman–Crippen MR) is 109 cm³/mol. The van der Waals surface area contributed by atoms with Gasteiger partial charge in [0.2, 0.25) is 0 Å². The predicted octanol–water partition coefficient (Wildman–Crippen LogP) is 4.58. The molecule has 1 heterocycles. The number of hydrogen-bond donors (Lipinski definition) is 0. The van der Waals surface area contributed by atoms with E-state index >= 15 is 0 Å². The van der Waals surface area contributed by atoms with Gasteiger partial charge in [-0.3, -0.25) is 9.69 Å². The number of halogens is 1. The van der Waals surface area contributed by atoms with Crippen molar-refractivity contribution in [2.24, 2.45) is 0 Å². The maximum Gasteiger partial charge on any atom is 0.260 e. The second-order valence-electron chi connectivity index (χ2n) is 6.23. The molecular weight excluding hydrogens is 398 g/mol. The third-order valence-electron chi connectivity index (χ3n) is 3.88. The van der Waals surface area contributed by atoms with Gasteiger partial charge in [-0.05, 0) is 51.4 Å². The SMILES string of the molecule is Cc1ccc(C(=O)N(CCN(C)C)c2nc3ccc(Br)cc3s2)cc1. The highest BCUT2D eigenvalue weighted by Crippen LogP contribution is 2.31. The van der Waals surface area contributed by atoms with Crippen LogP contribution in [0.4, 0.5) is 5.13 Å². The Kier molecular flexibility index (Phi) is 5.51. The lowest BCUT2D eigenvalue weighted by Gasteiger charge is -2.22. The number of likely N-dealkylation sites (N-methyl/N-ethyl adjacent to an activating group) is 1. The molecule has 0 saturated carbocycles. The molecule has 0 N–H and O–H groups in total. The van der Waals surface area contributed by atoms with Crippen LogP contribution in [0, 0.1) is 6.92 Å². The molecule has 1 aromatic heterocycles. The summed E-state index contributed by atoms with van der Waals surface area (Å²) in [5.74, 6) is -0.0139. The van der Waals surface area contributed by atoms with Crippen LogP contribution in [0.3, 0.4) is 0 Å². The van der Waals surface area contributed by atoms with Crippen molar-refractivity contribution < 1.29 is 4.79 Å². The highest BCUT2D eigenvalue weighted by molar-refractivity contribution is 9.10. The van der Waals surface area contributed by atoms with Crippen LogP contribution < -0.4 is 4.90 Å². The van der Waals surface area contributed by atoms with Gasteiger partial charge in [0.05, 0.1) is 10.2 Å². The van der Waals surface area contributed by atoms with Crippen LogP contribution in [0.15, 0.2) is 46.9 Å². The third kappa shape index (κ3) is 4.26. The van der Waals surface area contributed by atoms with Gasteiger partial charge >= 0.3 is 0 Å². The number of thiazole rings is 1. The first-order chi connectivity index (χ1) is 11.9. The van der Waals surface area contributed by atoms with Gasteiger partial charge in [-0.1, -0.05) is 45.0 Å². The fraction of sp³-hybridized carbons (Fsp3) is 0.263. The van der Waals surface area contributed by atoms with E-state index < -0.39 is 0 Å². The number of anilines is 1. The first kappa shape index (κ1) is 18.0. The summed E-state index contributed by atoms with van der Waals surface area (Å²) in [5, 5.41) is 0.737. The number of carbonyl (C=O) groups excluding carboxylic acids is 1. The largest absolute Gasteiger partial charge is 0.308 e. The fourth-order valence-corrected chi connectivity index (χ4v) is 3.98. The highest BCUT2D eigenvalue weighted by Gasteiger charge is 2.21. The van der Waals surface area contributed by atoms with Crippen molar-refractivity contribution in [3.05, 3.63) is 58.1 Å². The molecule has 3 aromatic rings. The van der Waals surface area contributed by atoms with E-state index in [1.165, 1.54) is 0 Å². The molecule has 0 bridgehead atoms. The van der Waals surface area contributed by atoms with E-state index in [9.17, 15) is 4.79 Å². The summed E-state index contributed by atoms with van der Waals surface area (Å²) in [6.45, 7) is 3.39. The zero-order chi connectivity index (χ0) is 18.0. The van der Waals surface area contributed by atoms with Gasteiger partial charge < -0.3 is 4.90 Å². The minimum absolute atomic E-state index is 0.0139. The average Bonchev–Trinajstić information content (AvgIpc) is 2.98. The number of aromatic nitrogens is 1. The second kappa shape index (κ2) is 7.64.